The molecule has 1 aromatic rings. The van der Waals surface area contributed by atoms with Crippen molar-refractivity contribution >= 4 is 22.4 Å². The number of rotatable bonds is 7. The minimum absolute atomic E-state index is 0.227. The topological polar surface area (TPSA) is 137 Å². The number of amides is 2. The largest absolute Gasteiger partial charge is 0.384 e. The van der Waals surface area contributed by atoms with Gasteiger partial charge in [-0.25, -0.2) is 5.48 Å². The van der Waals surface area contributed by atoms with Crippen LogP contribution in [0.1, 0.15) is 22.3 Å². The predicted molar refractivity (Wildman–Crippen MR) is 111 cm³/mol. The Morgan fingerprint density at radius 2 is 1.87 bits per heavy atom. The molecule has 162 valence electrons. The maximum absolute atomic E-state index is 12.6. The van der Waals surface area contributed by atoms with Crippen molar-refractivity contribution in [3.05, 3.63) is 35.4 Å². The van der Waals surface area contributed by atoms with Crippen LogP contribution in [0.4, 0.5) is 0 Å². The summed E-state index contributed by atoms with van der Waals surface area (Å²) in [4.78, 5) is 24.7. The van der Waals surface area contributed by atoms with E-state index >= 15 is 0 Å². The fourth-order valence-corrected chi connectivity index (χ4v) is 4.98. The number of ether oxygens (including phenoxy) is 2. The third kappa shape index (κ3) is 5.97. The van der Waals surface area contributed by atoms with Gasteiger partial charge >= 0.3 is 0 Å². The standard InChI is InChI=1S/C20H24N2O7S/c1-28-12-6-4-3-5-7-15-8-10-16(11-9-15)18(23)21-17(19(24)22-25)20(29-2)13-30(26,27)14-20/h8-11,17,25-27H,6,12-14H2,1-2H3,(H,21,23)(H,22,24). The second kappa shape index (κ2) is 10.5. The number of hydrogen-bond donors (Lipinski definition) is 5. The molecule has 1 fully saturated rings. The first-order chi connectivity index (χ1) is 14.3. The highest BCUT2D eigenvalue weighted by Gasteiger charge is 2.57. The summed E-state index contributed by atoms with van der Waals surface area (Å²) >= 11 is 0. The van der Waals surface area contributed by atoms with Gasteiger partial charge in [0.05, 0.1) is 18.1 Å². The van der Waals surface area contributed by atoms with E-state index in [0.29, 0.717) is 18.6 Å². The fourth-order valence-electron chi connectivity index (χ4n) is 2.93. The zero-order valence-corrected chi connectivity index (χ0v) is 17.4. The lowest BCUT2D eigenvalue weighted by molar-refractivity contribution is -0.138. The van der Waals surface area contributed by atoms with Gasteiger partial charge in [0.1, 0.15) is 11.6 Å². The molecule has 0 aliphatic carbocycles. The lowest BCUT2D eigenvalue weighted by atomic mass is 9.95. The predicted octanol–water partition coefficient (Wildman–Crippen LogP) is 0.831. The number of methoxy groups -OCH3 is 2. The second-order valence-corrected chi connectivity index (χ2v) is 8.80. The number of carbonyl (C=O) groups excluding carboxylic acids is 2. The highest BCUT2D eigenvalue weighted by atomic mass is 32.3. The summed E-state index contributed by atoms with van der Waals surface area (Å²) in [5.41, 5.74) is 1.06. The number of nitrogens with one attached hydrogen (secondary N) is 2. The number of carbonyl (C=O) groups is 2. The molecule has 5 N–H and O–H groups in total. The van der Waals surface area contributed by atoms with Crippen LogP contribution < -0.4 is 10.8 Å². The van der Waals surface area contributed by atoms with E-state index in [1.807, 2.05) is 0 Å². The van der Waals surface area contributed by atoms with E-state index in [4.69, 9.17) is 14.7 Å². The molecule has 9 nitrogen and oxygen atoms in total. The molecule has 0 saturated carbocycles. The van der Waals surface area contributed by atoms with Crippen LogP contribution in [0.15, 0.2) is 24.3 Å². The van der Waals surface area contributed by atoms with E-state index in [1.54, 1.807) is 19.2 Å². The Labute approximate surface area is 176 Å². The highest BCUT2D eigenvalue weighted by Crippen LogP contribution is 2.56. The Kier molecular flexibility index (Phi) is 8.26. The van der Waals surface area contributed by atoms with Gasteiger partial charge in [-0.15, -0.1) is 0 Å². The average Bonchev–Trinajstić information content (AvgIpc) is 2.72. The first-order valence-corrected chi connectivity index (χ1v) is 10.8. The van der Waals surface area contributed by atoms with Crippen LogP contribution in [0.5, 0.6) is 0 Å². The van der Waals surface area contributed by atoms with E-state index in [1.165, 1.54) is 24.7 Å². The quantitative estimate of drug-likeness (QED) is 0.185. The van der Waals surface area contributed by atoms with Gasteiger partial charge in [-0.2, -0.15) is 10.6 Å². The van der Waals surface area contributed by atoms with Crippen LogP contribution in [0.25, 0.3) is 0 Å². The van der Waals surface area contributed by atoms with Crippen molar-refractivity contribution in [1.82, 2.24) is 10.8 Å². The van der Waals surface area contributed by atoms with E-state index < -0.39 is 34.0 Å². The van der Waals surface area contributed by atoms with Crippen LogP contribution in [-0.2, 0) is 14.3 Å². The summed E-state index contributed by atoms with van der Waals surface area (Å²) in [6.07, 6.45) is 0.588. The number of hydroxylamine groups is 1. The molecular weight excluding hydrogens is 412 g/mol. The second-order valence-electron chi connectivity index (χ2n) is 6.61. The van der Waals surface area contributed by atoms with Gasteiger partial charge in [0.15, 0.2) is 0 Å². The third-order valence-corrected chi connectivity index (χ3v) is 6.37. The van der Waals surface area contributed by atoms with Gasteiger partial charge in [0, 0.05) is 31.8 Å². The van der Waals surface area contributed by atoms with Crippen molar-refractivity contribution in [1.29, 1.82) is 0 Å². The molecule has 0 bridgehead atoms. The normalized spacial score (nSPS) is 17.6. The van der Waals surface area contributed by atoms with Gasteiger partial charge < -0.3 is 14.8 Å². The highest BCUT2D eigenvalue weighted by molar-refractivity contribution is 8.25. The molecule has 1 atom stereocenters. The third-order valence-electron chi connectivity index (χ3n) is 4.47. The van der Waals surface area contributed by atoms with Gasteiger partial charge in [-0.05, 0) is 36.1 Å². The van der Waals surface area contributed by atoms with E-state index in [2.05, 4.69) is 29.0 Å². The van der Waals surface area contributed by atoms with Gasteiger partial charge in [0.2, 0.25) is 0 Å². The average molecular weight is 436 g/mol. The SMILES string of the molecule is COCCC#CC#Cc1ccc(C(=O)NC(C(=O)NO)C2(OC)CS(O)(O)C2)cc1. The Balaban J connectivity index is 2.08. The van der Waals surface area contributed by atoms with Crippen molar-refractivity contribution < 1.29 is 33.4 Å². The maximum Gasteiger partial charge on any atom is 0.269 e. The first kappa shape index (κ1) is 23.7. The molecule has 0 aromatic heterocycles. The lowest BCUT2D eigenvalue weighted by Gasteiger charge is -2.56. The van der Waals surface area contributed by atoms with Crippen LogP contribution in [-0.4, -0.2) is 70.1 Å². The van der Waals surface area contributed by atoms with Gasteiger partial charge in [-0.3, -0.25) is 23.9 Å². The number of benzene rings is 1. The molecule has 1 unspecified atom stereocenters. The minimum Gasteiger partial charge on any atom is -0.384 e. The summed E-state index contributed by atoms with van der Waals surface area (Å²) in [6.45, 7) is 0.539. The lowest BCUT2D eigenvalue weighted by Crippen LogP contribution is -2.69. The van der Waals surface area contributed by atoms with Gasteiger partial charge in [0.25, 0.3) is 11.8 Å². The summed E-state index contributed by atoms with van der Waals surface area (Å²) in [7, 11) is 0.00962. The molecule has 1 aromatic carbocycles. The Bertz CT molecular complexity index is 886. The molecule has 0 radical (unpaired) electrons. The Morgan fingerprint density at radius 3 is 2.40 bits per heavy atom. The smallest absolute Gasteiger partial charge is 0.269 e. The van der Waals surface area contributed by atoms with Crippen LogP contribution in [0, 0.1) is 23.7 Å². The van der Waals surface area contributed by atoms with Crippen molar-refractivity contribution in [2.75, 3.05) is 32.3 Å². The molecule has 1 heterocycles. The molecule has 1 aliphatic rings. The van der Waals surface area contributed by atoms with Crippen molar-refractivity contribution in [2.45, 2.75) is 18.1 Å². The van der Waals surface area contributed by atoms with E-state index in [-0.39, 0.29) is 17.1 Å². The summed E-state index contributed by atoms with van der Waals surface area (Å²) in [6, 6.07) is 5.00. The summed E-state index contributed by atoms with van der Waals surface area (Å²) in [5.74, 6) is 9.13. The first-order valence-electron chi connectivity index (χ1n) is 8.88. The summed E-state index contributed by atoms with van der Waals surface area (Å²) < 4.78 is 29.6. The molecule has 10 heteroatoms. The molecule has 2 amide bonds. The van der Waals surface area contributed by atoms with E-state index in [0.717, 1.165) is 0 Å². The molecule has 30 heavy (non-hydrogen) atoms. The van der Waals surface area contributed by atoms with Crippen molar-refractivity contribution in [2.24, 2.45) is 0 Å². The number of hydrogen-bond acceptors (Lipinski definition) is 7. The monoisotopic (exact) mass is 436 g/mol. The Morgan fingerprint density at radius 1 is 1.20 bits per heavy atom. The fraction of sp³-hybridized carbons (Fsp3) is 0.400. The van der Waals surface area contributed by atoms with Crippen LogP contribution >= 0.6 is 10.6 Å². The van der Waals surface area contributed by atoms with Crippen LogP contribution in [0.3, 0.4) is 0 Å². The minimum atomic E-state index is -2.88. The van der Waals surface area contributed by atoms with Crippen molar-refractivity contribution in [3.8, 4) is 23.7 Å². The molecular formula is C20H24N2O7S. The summed E-state index contributed by atoms with van der Waals surface area (Å²) in [5, 5.41) is 11.5. The zero-order chi connectivity index (χ0) is 22.2. The van der Waals surface area contributed by atoms with Crippen LogP contribution in [0.2, 0.25) is 0 Å². The zero-order valence-electron chi connectivity index (χ0n) is 16.6. The molecule has 0 spiro atoms. The maximum atomic E-state index is 12.6. The Hall–Kier alpha value is -2.57. The molecule has 1 saturated heterocycles. The van der Waals surface area contributed by atoms with Gasteiger partial charge in [-0.1, -0.05) is 11.8 Å². The molecule has 2 rings (SSSR count). The molecule has 1 aliphatic heterocycles. The van der Waals surface area contributed by atoms with E-state index in [9.17, 15) is 18.7 Å². The van der Waals surface area contributed by atoms with Crippen molar-refractivity contribution in [3.63, 3.8) is 0 Å².